The third-order valence-corrected chi connectivity index (χ3v) is 19.2. The highest BCUT2D eigenvalue weighted by Crippen LogP contribution is 2.30. The van der Waals surface area contributed by atoms with E-state index in [0.717, 1.165) is 24.2 Å². The number of alkyl carbamates (subject to hydrolysis) is 2. The van der Waals surface area contributed by atoms with Crippen LogP contribution in [0.3, 0.4) is 0 Å². The van der Waals surface area contributed by atoms with Gasteiger partial charge in [-0.15, -0.1) is 0 Å². The number of amidine groups is 1. The minimum absolute atomic E-state index is 0.00414. The van der Waals surface area contributed by atoms with Crippen molar-refractivity contribution in [1.82, 2.24) is 61.8 Å². The zero-order valence-electron chi connectivity index (χ0n) is 79.5. The van der Waals surface area contributed by atoms with Gasteiger partial charge in [-0.2, -0.15) is 19.9 Å². The van der Waals surface area contributed by atoms with Crippen molar-refractivity contribution in [2.24, 2.45) is 16.6 Å². The van der Waals surface area contributed by atoms with Crippen LogP contribution in [0.25, 0.3) is 45.6 Å². The van der Waals surface area contributed by atoms with Crippen LogP contribution in [0.1, 0.15) is 158 Å². The maximum atomic E-state index is 12.5. The van der Waals surface area contributed by atoms with Gasteiger partial charge in [0.15, 0.2) is 5.84 Å². The molecule has 8 aromatic carbocycles. The number of esters is 4. The van der Waals surface area contributed by atoms with Gasteiger partial charge in [0, 0.05) is 59.6 Å². The van der Waals surface area contributed by atoms with Gasteiger partial charge < -0.3 is 118 Å². The number of ether oxygens (including phenoxy) is 11. The fraction of sp³-hybridized carbons (Fsp3) is 0.284. The van der Waals surface area contributed by atoms with Crippen molar-refractivity contribution in [2.75, 3.05) is 64.0 Å². The molecule has 0 aliphatic rings. The highest BCUT2D eigenvalue weighted by atomic mass is 35.5. The molecule has 12 rings (SSSR count). The van der Waals surface area contributed by atoms with Crippen molar-refractivity contribution < 1.29 is 138 Å². The Morgan fingerprint density at radius 2 is 0.629 bits per heavy atom. The van der Waals surface area contributed by atoms with E-state index in [2.05, 4.69) is 81.2 Å². The summed E-state index contributed by atoms with van der Waals surface area (Å²) in [5, 5.41) is 55.8. The van der Waals surface area contributed by atoms with Gasteiger partial charge in [-0.3, -0.25) is 38.4 Å². The SMILES string of the molecule is COC(=O)C[C@H](N)c1nc(-c2ccc(OC)cc2)no1.COC(=O)C[C@H](NC(=O)OC(C)(C)C)C(=O)O.COC(=O)C[C@H](NC(=O)OC(C)(C)C)c1nc(-c2ccc(OC)cc2)no1.COC(=O)C[C@H](NC(=O)c1ccc(Cl)cc1)c1nc(-c2ccc(OC)cc2)no1.COc1ccc(-c2noc([C@H](CC(=O)O)NC(=O)c3ccc(Cl)cc3)n2)cc1.COc1ccc(C(N)=NO)cc1.O=C(Cl)c1ccc(Cl)cc1. The second kappa shape index (κ2) is 57.9. The van der Waals surface area contributed by atoms with E-state index in [9.17, 15) is 57.8 Å². The first-order chi connectivity index (χ1) is 67.9. The van der Waals surface area contributed by atoms with Crippen LogP contribution in [0.4, 0.5) is 9.59 Å². The summed E-state index contributed by atoms with van der Waals surface area (Å²) in [7, 11) is 12.8. The number of oxime groups is 1. The van der Waals surface area contributed by atoms with Crippen molar-refractivity contribution in [3.05, 3.63) is 255 Å². The molecule has 12 aromatic rings. The highest BCUT2D eigenvalue weighted by Gasteiger charge is 2.32. The third-order valence-electron chi connectivity index (χ3n) is 18.2. The molecule has 0 saturated carbocycles. The van der Waals surface area contributed by atoms with E-state index in [1.54, 1.807) is 259 Å². The molecule has 0 saturated heterocycles. The van der Waals surface area contributed by atoms with Crippen molar-refractivity contribution in [3.63, 3.8) is 0 Å². The highest BCUT2D eigenvalue weighted by molar-refractivity contribution is 6.67. The number of carbonyl (C=O) groups excluding carboxylic acids is 9. The molecule has 44 nitrogen and oxygen atoms in total. The van der Waals surface area contributed by atoms with E-state index in [1.165, 1.54) is 33.5 Å². The van der Waals surface area contributed by atoms with Gasteiger partial charge in [0.05, 0.1) is 102 Å². The maximum Gasteiger partial charge on any atom is 0.408 e. The number of hydrogen-bond acceptors (Lipinski definition) is 37. The van der Waals surface area contributed by atoms with E-state index in [-0.39, 0.29) is 54.5 Å². The lowest BCUT2D eigenvalue weighted by atomic mass is 10.1. The molecular weight excluding hydrogens is 1960 g/mol. The van der Waals surface area contributed by atoms with Gasteiger partial charge in [-0.05, 0) is 247 Å². The maximum absolute atomic E-state index is 12.5. The van der Waals surface area contributed by atoms with Crippen LogP contribution in [0, 0.1) is 0 Å². The molecule has 0 aliphatic carbocycles. The number of carboxylic acids is 2. The van der Waals surface area contributed by atoms with E-state index >= 15 is 0 Å². The van der Waals surface area contributed by atoms with Crippen LogP contribution >= 0.6 is 46.4 Å². The Balaban J connectivity index is 0.000000262. The predicted molar refractivity (Wildman–Crippen MR) is 514 cm³/mol. The Morgan fingerprint density at radius 1 is 0.364 bits per heavy atom. The number of carbonyl (C=O) groups is 11. The first-order valence-corrected chi connectivity index (χ1v) is 43.5. The zero-order valence-corrected chi connectivity index (χ0v) is 82.6. The van der Waals surface area contributed by atoms with Gasteiger partial charge in [0.1, 0.15) is 64.1 Å². The normalized spacial score (nSPS) is 11.7. The van der Waals surface area contributed by atoms with E-state index < -0.39 is 119 Å². The molecule has 0 aliphatic heterocycles. The molecule has 0 fully saturated rings. The number of aromatic nitrogens is 8. The van der Waals surface area contributed by atoms with E-state index in [0.29, 0.717) is 88.7 Å². The summed E-state index contributed by atoms with van der Waals surface area (Å²) in [6, 6.07) is 49.4. The van der Waals surface area contributed by atoms with Gasteiger partial charge in [0.25, 0.3) is 17.1 Å². The Kier molecular flexibility index (Phi) is 46.7. The number of nitrogens with zero attached hydrogens (tertiary/aromatic N) is 9. The van der Waals surface area contributed by atoms with Crippen molar-refractivity contribution in [1.29, 1.82) is 0 Å². The number of aliphatic carboxylic acids is 2. The Bertz CT molecular complexity index is 6140. The number of rotatable bonds is 32. The largest absolute Gasteiger partial charge is 0.497 e. The van der Waals surface area contributed by atoms with Crippen LogP contribution in [0.5, 0.6) is 28.7 Å². The second-order valence-electron chi connectivity index (χ2n) is 30.9. The topological polar surface area (TPSA) is 618 Å². The number of halogens is 4. The monoisotopic (exact) mass is 2060 g/mol. The summed E-state index contributed by atoms with van der Waals surface area (Å²) in [4.78, 5) is 143. The summed E-state index contributed by atoms with van der Waals surface area (Å²) < 4.78 is 74.5. The van der Waals surface area contributed by atoms with Crippen LogP contribution in [-0.2, 0) is 57.2 Å². The smallest absolute Gasteiger partial charge is 0.408 e. The van der Waals surface area contributed by atoms with Gasteiger partial charge in [0.2, 0.25) is 46.9 Å². The van der Waals surface area contributed by atoms with Gasteiger partial charge in [-0.25, -0.2) is 14.4 Å². The Labute approximate surface area is 837 Å². The van der Waals surface area contributed by atoms with E-state index in [4.69, 9.17) is 124 Å². The summed E-state index contributed by atoms with van der Waals surface area (Å²) in [5.74, 6) is -0.298. The minimum atomic E-state index is -1.36. The fourth-order valence-electron chi connectivity index (χ4n) is 11.0. The number of hydrogen-bond donors (Lipinski definition) is 9. The van der Waals surface area contributed by atoms with Crippen LogP contribution < -0.4 is 56.4 Å². The summed E-state index contributed by atoms with van der Waals surface area (Å²) in [6.07, 6.45) is -2.83. The standard InChI is InChI=1S/C20H18ClN3O5.C19H16ClN3O5.C18H23N3O6.C13H15N3O4.C10H17NO6.C8H10N2O2.C7H4Cl2O/c1-27-15-9-5-12(6-10-15)18-23-20(29-24-18)16(11-17(25)28-2)22-19(26)13-3-7-14(21)8-4-13;1-27-14-8-4-11(5-9-14)17-22-19(28-23-17)15(10-16(24)25)21-18(26)12-2-6-13(20)7-3-12;1-18(2,3)26-17(23)19-13(10-14(22)25-5)16-20-15(21-27-16)11-6-8-12(24-4)9-7-11;1-18-9-5-3-8(4-6-9)12-15-13(20-16-12)10(14)7-11(17)19-2;1-10(2,3)17-9(15)11-6(8(13)14)5-7(12)16-4;1-12-7-4-2-6(3-5-7)8(9)10-11;8-6-3-1-5(2-4-6)7(9)10/h3-10,16H,11H2,1-2H3,(H,22,26);2-9,15H,10H2,1H3,(H,21,26)(H,24,25);6-9,13H,10H2,1-5H3,(H,19,23);3-6,10H,7,14H2,1-2H3;6H,5H2,1-4H3,(H,11,15)(H,13,14);2-5,11H,1H3,(H2,9,10);1-4H/t16-;15-;13-;10-;6-;;/m00000../s1. The Morgan fingerprint density at radius 3 is 0.916 bits per heavy atom. The van der Waals surface area contributed by atoms with Crippen molar-refractivity contribution in [3.8, 4) is 74.3 Å². The van der Waals surface area contributed by atoms with Gasteiger partial charge in [-0.1, -0.05) is 60.6 Å². The van der Waals surface area contributed by atoms with Crippen LogP contribution in [0.2, 0.25) is 15.1 Å². The molecule has 0 unspecified atom stereocenters. The molecule has 4 aromatic heterocycles. The lowest BCUT2D eigenvalue weighted by Gasteiger charge is -2.21. The number of nitrogens with one attached hydrogen (secondary N) is 4. The lowest BCUT2D eigenvalue weighted by Crippen LogP contribution is -2.44. The molecule has 0 radical (unpaired) electrons. The van der Waals surface area contributed by atoms with Gasteiger partial charge >= 0.3 is 48.0 Å². The molecule has 760 valence electrons. The fourth-order valence-corrected chi connectivity index (χ4v) is 11.5. The van der Waals surface area contributed by atoms with Crippen LogP contribution in [0.15, 0.2) is 217 Å². The quantitative estimate of drug-likeness (QED) is 0.00360. The first-order valence-electron chi connectivity index (χ1n) is 42.0. The number of carboxylic acid groups (broad SMARTS) is 2. The molecule has 4 amide bonds. The minimum Gasteiger partial charge on any atom is -0.497 e. The molecule has 48 heteroatoms. The number of methoxy groups -OCH3 is 9. The predicted octanol–water partition coefficient (Wildman–Crippen LogP) is 15.0. The molecular formula is C95H103Cl4N15O29. The van der Waals surface area contributed by atoms with E-state index in [1.807, 2.05) is 0 Å². The first kappa shape index (κ1) is 115. The molecule has 0 bridgehead atoms. The second-order valence-corrected chi connectivity index (χ2v) is 32.5. The third kappa shape index (κ3) is 40.6. The van der Waals surface area contributed by atoms with Crippen LogP contribution in [-0.4, -0.2) is 208 Å². The molecule has 11 N–H and O–H groups in total. The van der Waals surface area contributed by atoms with Crippen molar-refractivity contribution >= 4 is 117 Å². The molecule has 4 heterocycles. The number of benzene rings is 8. The molecule has 0 spiro atoms. The van der Waals surface area contributed by atoms with Crippen molar-refractivity contribution in [2.45, 2.75) is 115 Å². The number of amides is 4. The average Bonchev–Trinajstić information content (AvgIpc) is 1.69. The zero-order chi connectivity index (χ0) is 106. The number of nitrogens with two attached hydrogens (primary N) is 2. The lowest BCUT2D eigenvalue weighted by molar-refractivity contribution is -0.147. The molecule has 5 atom stereocenters. The average molecular weight is 2060 g/mol. The summed E-state index contributed by atoms with van der Waals surface area (Å²) in [5.41, 5.74) is 14.4. The molecule has 143 heavy (non-hydrogen) atoms. The Hall–Kier alpha value is -16.3. The summed E-state index contributed by atoms with van der Waals surface area (Å²) >= 11 is 22.4. The summed E-state index contributed by atoms with van der Waals surface area (Å²) in [6.45, 7) is 10.1.